The molecule has 1 N–H and O–H groups in total. The van der Waals surface area contributed by atoms with Crippen LogP contribution in [0.3, 0.4) is 0 Å². The van der Waals surface area contributed by atoms with E-state index in [9.17, 15) is 4.79 Å². The molecule has 0 bridgehead atoms. The SMILES string of the molecule is N#CCCSc1ccccc1NC(=O)Cc1csc2nc(-c3ccccc3)cn12. The summed E-state index contributed by atoms with van der Waals surface area (Å²) in [6, 6.07) is 19.8. The molecule has 144 valence electrons. The van der Waals surface area contributed by atoms with Gasteiger partial charge >= 0.3 is 0 Å². The van der Waals surface area contributed by atoms with Crippen LogP contribution in [0.2, 0.25) is 0 Å². The fourth-order valence-electron chi connectivity index (χ4n) is 2.97. The number of para-hydroxylation sites is 1. The van der Waals surface area contributed by atoms with E-state index in [0.29, 0.717) is 12.2 Å². The number of nitriles is 1. The number of imidazole rings is 1. The molecule has 2 aromatic heterocycles. The summed E-state index contributed by atoms with van der Waals surface area (Å²) < 4.78 is 1.99. The molecule has 0 atom stereocenters. The number of aromatic nitrogens is 2. The fraction of sp³-hybridized carbons (Fsp3) is 0.136. The lowest BCUT2D eigenvalue weighted by Gasteiger charge is -2.10. The lowest BCUT2D eigenvalue weighted by molar-refractivity contribution is -0.115. The van der Waals surface area contributed by atoms with Crippen LogP contribution < -0.4 is 5.32 Å². The van der Waals surface area contributed by atoms with Crippen LogP contribution >= 0.6 is 23.1 Å². The predicted octanol–water partition coefficient (Wildman–Crippen LogP) is 5.25. The molecule has 0 aliphatic carbocycles. The largest absolute Gasteiger partial charge is 0.325 e. The molecule has 0 saturated carbocycles. The van der Waals surface area contributed by atoms with Crippen LogP contribution in [0.25, 0.3) is 16.2 Å². The molecule has 0 fully saturated rings. The van der Waals surface area contributed by atoms with Crippen LogP contribution in [-0.4, -0.2) is 21.0 Å². The van der Waals surface area contributed by atoms with Crippen LogP contribution in [0, 0.1) is 11.3 Å². The molecule has 0 spiro atoms. The lowest BCUT2D eigenvalue weighted by Crippen LogP contribution is -2.15. The Bertz CT molecular complexity index is 1170. The maximum absolute atomic E-state index is 12.7. The molecule has 5 nitrogen and oxygen atoms in total. The first-order valence-corrected chi connectivity index (χ1v) is 11.0. The number of carbonyl (C=O) groups excluding carboxylic acids is 1. The molecule has 2 aromatic carbocycles. The number of amides is 1. The summed E-state index contributed by atoms with van der Waals surface area (Å²) in [4.78, 5) is 19.2. The Kier molecular flexibility index (Phi) is 5.94. The summed E-state index contributed by atoms with van der Waals surface area (Å²) in [5.41, 5.74) is 3.65. The summed E-state index contributed by atoms with van der Waals surface area (Å²) in [6.45, 7) is 0. The highest BCUT2D eigenvalue weighted by Crippen LogP contribution is 2.28. The molecule has 29 heavy (non-hydrogen) atoms. The quantitative estimate of drug-likeness (QED) is 0.329. The van der Waals surface area contributed by atoms with Gasteiger partial charge in [0, 0.05) is 39.9 Å². The first-order chi connectivity index (χ1) is 14.2. The third kappa shape index (κ3) is 4.50. The van der Waals surface area contributed by atoms with Crippen molar-refractivity contribution in [2.45, 2.75) is 17.7 Å². The molecular formula is C22H18N4OS2. The first-order valence-electron chi connectivity index (χ1n) is 9.14. The summed E-state index contributed by atoms with van der Waals surface area (Å²) in [7, 11) is 0. The second kappa shape index (κ2) is 8.95. The molecule has 4 aromatic rings. The maximum Gasteiger partial charge on any atom is 0.230 e. The number of fused-ring (bicyclic) bond motifs is 1. The number of nitrogens with zero attached hydrogens (tertiary/aromatic N) is 3. The van der Waals surface area contributed by atoms with Gasteiger partial charge in [-0.2, -0.15) is 5.26 Å². The van der Waals surface area contributed by atoms with Crippen LogP contribution in [0.15, 0.2) is 71.1 Å². The highest BCUT2D eigenvalue weighted by molar-refractivity contribution is 7.99. The van der Waals surface area contributed by atoms with Gasteiger partial charge in [0.1, 0.15) is 0 Å². The molecule has 0 saturated heterocycles. The van der Waals surface area contributed by atoms with Gasteiger partial charge in [-0.05, 0) is 12.1 Å². The van der Waals surface area contributed by atoms with Crippen molar-refractivity contribution in [3.8, 4) is 17.3 Å². The van der Waals surface area contributed by atoms with Crippen LogP contribution in [0.5, 0.6) is 0 Å². The topological polar surface area (TPSA) is 70.2 Å². The number of thioether (sulfide) groups is 1. The Morgan fingerprint density at radius 3 is 2.79 bits per heavy atom. The molecule has 4 rings (SSSR count). The molecule has 1 amide bonds. The van der Waals surface area contributed by atoms with E-state index < -0.39 is 0 Å². The Morgan fingerprint density at radius 1 is 1.17 bits per heavy atom. The predicted molar refractivity (Wildman–Crippen MR) is 118 cm³/mol. The Hall–Kier alpha value is -3.08. The van der Waals surface area contributed by atoms with Crippen molar-refractivity contribution in [2.75, 3.05) is 11.1 Å². The lowest BCUT2D eigenvalue weighted by atomic mass is 10.2. The minimum atomic E-state index is -0.0759. The van der Waals surface area contributed by atoms with E-state index in [0.717, 1.165) is 32.5 Å². The van der Waals surface area contributed by atoms with Gasteiger partial charge in [-0.25, -0.2) is 4.98 Å². The number of carbonyl (C=O) groups is 1. The molecule has 0 radical (unpaired) electrons. The zero-order valence-corrected chi connectivity index (χ0v) is 17.2. The minimum Gasteiger partial charge on any atom is -0.325 e. The highest BCUT2D eigenvalue weighted by atomic mass is 32.2. The molecular weight excluding hydrogens is 400 g/mol. The molecule has 0 aliphatic heterocycles. The van der Waals surface area contributed by atoms with Gasteiger partial charge in [-0.1, -0.05) is 42.5 Å². The number of rotatable bonds is 7. The molecule has 2 heterocycles. The zero-order valence-electron chi connectivity index (χ0n) is 15.5. The van der Waals surface area contributed by atoms with E-state index in [1.54, 1.807) is 11.8 Å². The average molecular weight is 419 g/mol. The Labute approximate surface area is 177 Å². The standard InChI is InChI=1S/C22H18N4OS2/c23-11-6-12-28-20-10-5-4-9-18(20)24-21(27)13-17-15-29-22-25-19(14-26(17)22)16-7-2-1-3-8-16/h1-5,7-10,14-15H,6,12-13H2,(H,24,27). The third-order valence-electron chi connectivity index (χ3n) is 4.33. The van der Waals surface area contributed by atoms with Gasteiger partial charge in [-0.15, -0.1) is 23.1 Å². The molecule has 7 heteroatoms. The average Bonchev–Trinajstić information content (AvgIpc) is 3.32. The van der Waals surface area contributed by atoms with E-state index in [1.807, 2.05) is 70.6 Å². The van der Waals surface area contributed by atoms with E-state index in [-0.39, 0.29) is 12.3 Å². The van der Waals surface area contributed by atoms with Gasteiger partial charge in [0.25, 0.3) is 0 Å². The monoisotopic (exact) mass is 418 g/mol. The Balaban J connectivity index is 1.49. The van der Waals surface area contributed by atoms with Crippen LogP contribution in [-0.2, 0) is 11.2 Å². The van der Waals surface area contributed by atoms with Crippen molar-refractivity contribution >= 4 is 39.7 Å². The number of thiazole rings is 1. The van der Waals surface area contributed by atoms with Crippen LogP contribution in [0.4, 0.5) is 5.69 Å². The number of anilines is 1. The zero-order chi connectivity index (χ0) is 20.1. The van der Waals surface area contributed by atoms with E-state index in [2.05, 4.69) is 16.4 Å². The summed E-state index contributed by atoms with van der Waals surface area (Å²) in [5.74, 6) is 0.624. The summed E-state index contributed by atoms with van der Waals surface area (Å²) in [6.07, 6.45) is 2.72. The van der Waals surface area contributed by atoms with Crippen molar-refractivity contribution in [3.05, 3.63) is 71.9 Å². The number of hydrogen-bond donors (Lipinski definition) is 1. The van der Waals surface area contributed by atoms with Gasteiger partial charge in [-0.3, -0.25) is 9.20 Å². The van der Waals surface area contributed by atoms with Crippen molar-refractivity contribution in [2.24, 2.45) is 0 Å². The maximum atomic E-state index is 12.7. The normalized spacial score (nSPS) is 10.7. The Morgan fingerprint density at radius 2 is 1.97 bits per heavy atom. The second-order valence-electron chi connectivity index (χ2n) is 6.35. The van der Waals surface area contributed by atoms with Crippen LogP contribution in [0.1, 0.15) is 12.1 Å². The van der Waals surface area contributed by atoms with Crippen molar-refractivity contribution in [1.29, 1.82) is 5.26 Å². The smallest absolute Gasteiger partial charge is 0.230 e. The fourth-order valence-corrected chi connectivity index (χ4v) is 4.70. The first kappa shape index (κ1) is 19.2. The highest BCUT2D eigenvalue weighted by Gasteiger charge is 2.14. The third-order valence-corrected chi connectivity index (χ3v) is 6.29. The molecule has 0 unspecified atom stereocenters. The van der Waals surface area contributed by atoms with Gasteiger partial charge in [0.2, 0.25) is 5.91 Å². The number of nitrogens with one attached hydrogen (secondary N) is 1. The molecule has 0 aliphatic rings. The minimum absolute atomic E-state index is 0.0759. The van der Waals surface area contributed by atoms with Crippen molar-refractivity contribution in [3.63, 3.8) is 0 Å². The van der Waals surface area contributed by atoms with E-state index in [1.165, 1.54) is 11.3 Å². The van der Waals surface area contributed by atoms with Gasteiger partial charge in [0.05, 0.1) is 23.9 Å². The number of hydrogen-bond acceptors (Lipinski definition) is 5. The summed E-state index contributed by atoms with van der Waals surface area (Å²) in [5, 5.41) is 13.7. The van der Waals surface area contributed by atoms with Gasteiger partial charge < -0.3 is 5.32 Å². The van der Waals surface area contributed by atoms with Crippen molar-refractivity contribution in [1.82, 2.24) is 9.38 Å². The second-order valence-corrected chi connectivity index (χ2v) is 8.32. The van der Waals surface area contributed by atoms with E-state index in [4.69, 9.17) is 5.26 Å². The van der Waals surface area contributed by atoms with Gasteiger partial charge in [0.15, 0.2) is 4.96 Å². The summed E-state index contributed by atoms with van der Waals surface area (Å²) >= 11 is 3.11. The van der Waals surface area contributed by atoms with E-state index >= 15 is 0 Å². The van der Waals surface area contributed by atoms with Crippen molar-refractivity contribution < 1.29 is 4.79 Å². The number of benzene rings is 2.